The van der Waals surface area contributed by atoms with E-state index in [0.29, 0.717) is 35.7 Å². The Morgan fingerprint density at radius 1 is 1.14 bits per heavy atom. The maximum Gasteiger partial charge on any atom is 0.278 e. The first-order valence-corrected chi connectivity index (χ1v) is 11.3. The van der Waals surface area contributed by atoms with E-state index >= 15 is 0 Å². The number of ether oxygens (including phenoxy) is 2. The van der Waals surface area contributed by atoms with Crippen LogP contribution in [0, 0.1) is 0 Å². The molecule has 0 aliphatic carbocycles. The monoisotopic (exact) mass is 491 g/mol. The highest BCUT2D eigenvalue weighted by Crippen LogP contribution is 2.28. The third-order valence-electron chi connectivity index (χ3n) is 4.69. The summed E-state index contributed by atoms with van der Waals surface area (Å²) in [7, 11) is 1.76. The van der Waals surface area contributed by atoms with Gasteiger partial charge in [0.25, 0.3) is 11.8 Å². The van der Waals surface area contributed by atoms with Gasteiger partial charge >= 0.3 is 0 Å². The van der Waals surface area contributed by atoms with Gasteiger partial charge < -0.3 is 19.3 Å². The number of amides is 1. The summed E-state index contributed by atoms with van der Waals surface area (Å²) in [6.45, 7) is 5.65. The second-order valence-corrected chi connectivity index (χ2v) is 8.13. The van der Waals surface area contributed by atoms with Crippen molar-refractivity contribution in [3.63, 3.8) is 0 Å². The number of nitrogens with zero attached hydrogens (tertiary/aromatic N) is 6. The van der Waals surface area contributed by atoms with Crippen LogP contribution in [-0.2, 0) is 7.05 Å². The smallest absolute Gasteiger partial charge is 0.278 e. The van der Waals surface area contributed by atoms with Crippen LogP contribution >= 0.6 is 0 Å². The molecule has 36 heavy (non-hydrogen) atoms. The van der Waals surface area contributed by atoms with Gasteiger partial charge in [0.15, 0.2) is 5.82 Å². The molecule has 0 bridgehead atoms. The van der Waals surface area contributed by atoms with Crippen LogP contribution in [0.4, 0.5) is 5.82 Å². The average Bonchev–Trinajstić information content (AvgIpc) is 3.48. The Morgan fingerprint density at radius 3 is 2.61 bits per heavy atom. The summed E-state index contributed by atoms with van der Waals surface area (Å²) in [5, 5.41) is 10.6. The zero-order valence-corrected chi connectivity index (χ0v) is 20.3. The Labute approximate surface area is 206 Å². The van der Waals surface area contributed by atoms with Gasteiger partial charge in [-0.2, -0.15) is 10.1 Å². The van der Waals surface area contributed by atoms with E-state index in [2.05, 4.69) is 30.5 Å². The molecule has 1 N–H and O–H groups in total. The summed E-state index contributed by atoms with van der Waals surface area (Å²) in [6, 6.07) is 6.52. The molecule has 1 amide bonds. The molecule has 0 aliphatic rings. The molecule has 12 heteroatoms. The number of aryl methyl sites for hydroxylation is 1. The van der Waals surface area contributed by atoms with Gasteiger partial charge in [0.2, 0.25) is 17.5 Å². The minimum absolute atomic E-state index is 0.00690. The Balaban J connectivity index is 1.52. The molecule has 0 radical (unpaired) electrons. The van der Waals surface area contributed by atoms with E-state index in [1.54, 1.807) is 42.2 Å². The fraction of sp³-hybridized carbons (Fsp3) is 0.292. The minimum Gasteiger partial charge on any atom is -0.491 e. The molecule has 0 unspecified atom stereocenters. The van der Waals surface area contributed by atoms with Crippen LogP contribution in [0.3, 0.4) is 0 Å². The van der Waals surface area contributed by atoms with Crippen molar-refractivity contribution in [2.45, 2.75) is 39.7 Å². The maximum absolute atomic E-state index is 12.8. The number of nitrogens with one attached hydrogen (secondary N) is 1. The Bertz CT molecular complexity index is 1360. The Morgan fingerprint density at radius 2 is 1.94 bits per heavy atom. The fourth-order valence-corrected chi connectivity index (χ4v) is 3.15. The summed E-state index contributed by atoms with van der Waals surface area (Å²) in [5.74, 6) is 0.869. The van der Waals surface area contributed by atoms with E-state index in [-0.39, 0.29) is 41.1 Å². The van der Waals surface area contributed by atoms with Crippen molar-refractivity contribution in [2.24, 2.45) is 7.05 Å². The highest BCUT2D eigenvalue weighted by molar-refractivity contribution is 6.04. The van der Waals surface area contributed by atoms with Crippen molar-refractivity contribution in [3.05, 3.63) is 54.2 Å². The molecule has 0 atom stereocenters. The normalized spacial score (nSPS) is 10.9. The number of ketones is 1. The summed E-state index contributed by atoms with van der Waals surface area (Å²) < 4.78 is 18.3. The van der Waals surface area contributed by atoms with Crippen molar-refractivity contribution in [1.82, 2.24) is 29.9 Å². The molecular formula is C24H25N7O5. The summed E-state index contributed by atoms with van der Waals surface area (Å²) in [6.07, 6.45) is 5.39. The summed E-state index contributed by atoms with van der Waals surface area (Å²) >= 11 is 0. The SMILES string of the molecule is CCCC(=O)c1noc(-c2cnc(Oc3cc(OC(C)C)cc(C(=O)Nc4ccn(C)n4)c3)cn2)n1. The molecule has 0 aliphatic heterocycles. The third-order valence-corrected chi connectivity index (χ3v) is 4.69. The second kappa shape index (κ2) is 10.8. The zero-order valence-electron chi connectivity index (χ0n) is 20.3. The van der Waals surface area contributed by atoms with Gasteiger partial charge in [-0.05, 0) is 32.4 Å². The zero-order chi connectivity index (χ0) is 25.7. The average molecular weight is 492 g/mol. The molecule has 4 aromatic rings. The van der Waals surface area contributed by atoms with Crippen molar-refractivity contribution < 1.29 is 23.6 Å². The van der Waals surface area contributed by atoms with Gasteiger partial charge in [0.1, 0.15) is 17.2 Å². The highest BCUT2D eigenvalue weighted by Gasteiger charge is 2.17. The fourth-order valence-electron chi connectivity index (χ4n) is 3.15. The Kier molecular flexibility index (Phi) is 7.33. The van der Waals surface area contributed by atoms with Crippen LogP contribution in [0.5, 0.6) is 17.4 Å². The summed E-state index contributed by atoms with van der Waals surface area (Å²) in [4.78, 5) is 37.3. The van der Waals surface area contributed by atoms with Crippen molar-refractivity contribution >= 4 is 17.5 Å². The number of hydrogen-bond acceptors (Lipinski definition) is 10. The number of Topliss-reactive ketones (excluding diaryl/α,β-unsaturated/α-hetero) is 1. The second-order valence-electron chi connectivity index (χ2n) is 8.13. The minimum atomic E-state index is -0.376. The van der Waals surface area contributed by atoms with E-state index < -0.39 is 0 Å². The first kappa shape index (κ1) is 24.5. The van der Waals surface area contributed by atoms with Crippen LogP contribution in [0.1, 0.15) is 54.6 Å². The lowest BCUT2D eigenvalue weighted by atomic mass is 10.2. The standard InChI is InChI=1S/C24H25N7O5/c1-5-6-19(32)22-28-24(36-30-22)18-12-26-21(13-25-18)35-17-10-15(9-16(11-17)34-14(2)3)23(33)27-20-7-8-31(4)29-20/h7-14H,5-6H2,1-4H3,(H,27,29,33). The number of hydrogen-bond donors (Lipinski definition) is 1. The maximum atomic E-state index is 12.8. The van der Waals surface area contributed by atoms with Gasteiger partial charge in [0, 0.05) is 37.4 Å². The molecule has 0 fully saturated rings. The number of rotatable bonds is 10. The number of aromatic nitrogens is 6. The van der Waals surface area contributed by atoms with Gasteiger partial charge in [0.05, 0.1) is 18.5 Å². The van der Waals surface area contributed by atoms with Crippen LogP contribution in [0.25, 0.3) is 11.6 Å². The third kappa shape index (κ3) is 6.09. The van der Waals surface area contributed by atoms with E-state index in [1.165, 1.54) is 12.4 Å². The largest absolute Gasteiger partial charge is 0.491 e. The predicted molar refractivity (Wildman–Crippen MR) is 128 cm³/mol. The van der Waals surface area contributed by atoms with Crippen LogP contribution in [0.2, 0.25) is 0 Å². The first-order chi connectivity index (χ1) is 17.3. The van der Waals surface area contributed by atoms with E-state index in [1.807, 2.05) is 20.8 Å². The quantitative estimate of drug-likeness (QED) is 0.322. The molecule has 3 aromatic heterocycles. The topological polar surface area (TPSA) is 147 Å². The molecule has 3 heterocycles. The van der Waals surface area contributed by atoms with Crippen LogP contribution in [0.15, 0.2) is 47.4 Å². The highest BCUT2D eigenvalue weighted by atomic mass is 16.5. The molecule has 0 spiro atoms. The van der Waals surface area contributed by atoms with Gasteiger partial charge in [-0.25, -0.2) is 9.97 Å². The van der Waals surface area contributed by atoms with Crippen LogP contribution in [-0.4, -0.2) is 47.7 Å². The van der Waals surface area contributed by atoms with Crippen molar-refractivity contribution in [3.8, 4) is 29.0 Å². The number of carbonyl (C=O) groups is 2. The van der Waals surface area contributed by atoms with Gasteiger partial charge in [-0.1, -0.05) is 12.1 Å². The lowest BCUT2D eigenvalue weighted by Crippen LogP contribution is -2.13. The number of benzene rings is 1. The number of carbonyl (C=O) groups excluding carboxylic acids is 2. The number of anilines is 1. The summed E-state index contributed by atoms with van der Waals surface area (Å²) in [5.41, 5.74) is 0.603. The lowest BCUT2D eigenvalue weighted by molar-refractivity contribution is 0.0967. The van der Waals surface area contributed by atoms with Gasteiger partial charge in [-0.15, -0.1) is 0 Å². The van der Waals surface area contributed by atoms with Crippen LogP contribution < -0.4 is 14.8 Å². The van der Waals surface area contributed by atoms with Crippen molar-refractivity contribution in [1.29, 1.82) is 0 Å². The molecule has 4 rings (SSSR count). The molecule has 0 saturated heterocycles. The lowest BCUT2D eigenvalue weighted by Gasteiger charge is -2.13. The van der Waals surface area contributed by atoms with E-state index in [0.717, 1.165) is 0 Å². The van der Waals surface area contributed by atoms with E-state index in [4.69, 9.17) is 14.0 Å². The predicted octanol–water partition coefficient (Wildman–Crippen LogP) is 4.07. The molecule has 0 saturated carbocycles. The van der Waals surface area contributed by atoms with Gasteiger partial charge in [-0.3, -0.25) is 14.3 Å². The molecule has 1 aromatic carbocycles. The molecular weight excluding hydrogens is 466 g/mol. The Hall–Kier alpha value is -4.61. The first-order valence-electron chi connectivity index (χ1n) is 11.3. The van der Waals surface area contributed by atoms with E-state index in [9.17, 15) is 9.59 Å². The molecule has 186 valence electrons. The molecule has 12 nitrogen and oxygen atoms in total. The van der Waals surface area contributed by atoms with Crippen molar-refractivity contribution in [2.75, 3.05) is 5.32 Å².